The second-order valence-corrected chi connectivity index (χ2v) is 8.04. The molecule has 4 nitrogen and oxygen atoms in total. The molecular formula is C11H17F5O4S. The predicted octanol–water partition coefficient (Wildman–Crippen LogP) is 3.00. The molecule has 0 aromatic carbocycles. The van der Waals surface area contributed by atoms with Gasteiger partial charge in [0.2, 0.25) is 0 Å². The number of hydrogen-bond donors (Lipinski definition) is 1. The molecule has 1 heterocycles. The van der Waals surface area contributed by atoms with Crippen molar-refractivity contribution in [3.63, 3.8) is 0 Å². The standard InChI is InChI=1S/C11H17F5O4S/c1-2-19-9(18)5-8-11(3-4-17)7(6-20-8)10(11)21(12,13,14,15)16/h7-8,10,17H,2-6H2,1H3/t7-,8+,10-,11+/m1/s1. The van der Waals surface area contributed by atoms with Crippen LogP contribution in [0.4, 0.5) is 19.4 Å². The van der Waals surface area contributed by atoms with Crippen molar-refractivity contribution in [3.8, 4) is 0 Å². The first-order valence-corrected chi connectivity index (χ1v) is 8.49. The van der Waals surface area contributed by atoms with Gasteiger partial charge in [0.15, 0.2) is 0 Å². The summed E-state index contributed by atoms with van der Waals surface area (Å²) in [6, 6.07) is 0. The fraction of sp³-hybridized carbons (Fsp3) is 0.909. The zero-order chi connectivity index (χ0) is 16.2. The number of carbonyl (C=O) groups excluding carboxylic acids is 1. The van der Waals surface area contributed by atoms with E-state index in [2.05, 4.69) is 4.74 Å². The molecule has 126 valence electrons. The van der Waals surface area contributed by atoms with Crippen LogP contribution in [-0.4, -0.2) is 42.3 Å². The van der Waals surface area contributed by atoms with Crippen molar-refractivity contribution in [2.75, 3.05) is 19.8 Å². The second-order valence-electron chi connectivity index (χ2n) is 5.47. The summed E-state index contributed by atoms with van der Waals surface area (Å²) in [5.74, 6) is -2.20. The summed E-state index contributed by atoms with van der Waals surface area (Å²) in [4.78, 5) is 11.4. The molecular weight excluding hydrogens is 323 g/mol. The van der Waals surface area contributed by atoms with E-state index in [-0.39, 0.29) is 6.61 Å². The van der Waals surface area contributed by atoms with Crippen LogP contribution < -0.4 is 0 Å². The Bertz CT molecular complexity index is 452. The third kappa shape index (κ3) is 2.85. The molecule has 0 bridgehead atoms. The van der Waals surface area contributed by atoms with Gasteiger partial charge in [-0.2, -0.15) is 0 Å². The van der Waals surface area contributed by atoms with Crippen LogP contribution in [0.25, 0.3) is 0 Å². The number of carbonyl (C=O) groups is 1. The maximum absolute atomic E-state index is 13.1. The molecule has 4 atom stereocenters. The summed E-state index contributed by atoms with van der Waals surface area (Å²) in [7, 11) is -9.70. The molecule has 0 aromatic heterocycles. The Hall–Kier alpha value is -0.610. The zero-order valence-electron chi connectivity index (χ0n) is 11.2. The minimum atomic E-state index is -9.70. The number of rotatable bonds is 6. The molecule has 2 fully saturated rings. The Kier molecular flexibility index (Phi) is 3.37. The Morgan fingerprint density at radius 1 is 1.38 bits per heavy atom. The smallest absolute Gasteiger partial charge is 0.308 e. The van der Waals surface area contributed by atoms with Crippen molar-refractivity contribution in [3.05, 3.63) is 0 Å². The molecule has 1 aliphatic carbocycles. The summed E-state index contributed by atoms with van der Waals surface area (Å²) < 4.78 is 75.2. The lowest BCUT2D eigenvalue weighted by atomic mass is 9.92. The maximum atomic E-state index is 13.1. The van der Waals surface area contributed by atoms with Gasteiger partial charge >= 0.3 is 5.97 Å². The first-order chi connectivity index (χ1) is 9.36. The number of fused-ring (bicyclic) bond motifs is 1. The Morgan fingerprint density at radius 3 is 2.43 bits per heavy atom. The Balaban J connectivity index is 2.26. The van der Waals surface area contributed by atoms with Crippen LogP contribution in [-0.2, 0) is 14.3 Å². The third-order valence-electron chi connectivity index (χ3n) is 4.23. The van der Waals surface area contributed by atoms with Crippen molar-refractivity contribution < 1.29 is 38.8 Å². The molecule has 0 aromatic rings. The molecule has 1 saturated heterocycles. The normalized spacial score (nSPS) is 38.3. The molecule has 10 heteroatoms. The van der Waals surface area contributed by atoms with Crippen LogP contribution in [0.3, 0.4) is 0 Å². The van der Waals surface area contributed by atoms with E-state index in [4.69, 9.17) is 9.84 Å². The van der Waals surface area contributed by atoms with Crippen LogP contribution >= 0.6 is 10.2 Å². The highest BCUT2D eigenvalue weighted by molar-refractivity contribution is 8.46. The molecule has 1 aliphatic heterocycles. The van der Waals surface area contributed by atoms with E-state index in [1.165, 1.54) is 6.92 Å². The molecule has 2 aliphatic rings. The highest BCUT2D eigenvalue weighted by atomic mass is 32.5. The predicted molar refractivity (Wildman–Crippen MR) is 65.5 cm³/mol. The number of hydrogen-bond acceptors (Lipinski definition) is 4. The van der Waals surface area contributed by atoms with Crippen molar-refractivity contribution in [1.82, 2.24) is 0 Å². The fourth-order valence-corrected chi connectivity index (χ4v) is 5.72. The average molecular weight is 340 g/mol. The number of halogens is 5. The van der Waals surface area contributed by atoms with Crippen LogP contribution in [0.15, 0.2) is 0 Å². The SMILES string of the molecule is CCOC(=O)C[C@@H]1OC[C@@H]2[C@@H](S(F)(F)(F)(F)F)[C@]12CCO. The van der Waals surface area contributed by atoms with E-state index < -0.39 is 64.9 Å². The highest BCUT2D eigenvalue weighted by Gasteiger charge is 2.91. The zero-order valence-corrected chi connectivity index (χ0v) is 12.1. The van der Waals surface area contributed by atoms with E-state index in [0.29, 0.717) is 0 Å². The van der Waals surface area contributed by atoms with Crippen LogP contribution in [0.5, 0.6) is 0 Å². The summed E-state index contributed by atoms with van der Waals surface area (Å²) in [6.45, 7) is 0.394. The molecule has 0 spiro atoms. The van der Waals surface area contributed by atoms with Gasteiger partial charge in [0, 0.05) is 17.9 Å². The number of esters is 1. The number of aliphatic hydroxyl groups is 1. The van der Waals surface area contributed by atoms with E-state index in [1.54, 1.807) is 0 Å². The highest BCUT2D eigenvalue weighted by Crippen LogP contribution is 3.07. The topological polar surface area (TPSA) is 55.8 Å². The van der Waals surface area contributed by atoms with Crippen molar-refractivity contribution in [2.24, 2.45) is 11.3 Å². The lowest BCUT2D eigenvalue weighted by Crippen LogP contribution is -2.34. The monoisotopic (exact) mass is 340 g/mol. The van der Waals surface area contributed by atoms with Crippen molar-refractivity contribution in [1.29, 1.82) is 0 Å². The minimum absolute atomic E-state index is 0.0347. The van der Waals surface area contributed by atoms with Gasteiger partial charge in [-0.05, 0) is 13.3 Å². The van der Waals surface area contributed by atoms with E-state index in [9.17, 15) is 24.2 Å². The fourth-order valence-electron chi connectivity index (χ4n) is 3.57. The Labute approximate surface area is 118 Å². The van der Waals surface area contributed by atoms with Crippen LogP contribution in [0.1, 0.15) is 19.8 Å². The average Bonchev–Trinajstić information content (AvgIpc) is 2.83. The molecule has 0 unspecified atom stereocenters. The lowest BCUT2D eigenvalue weighted by Gasteiger charge is -2.44. The van der Waals surface area contributed by atoms with Gasteiger partial charge in [0.25, 0.3) is 10.2 Å². The van der Waals surface area contributed by atoms with E-state index in [0.717, 1.165) is 0 Å². The third-order valence-corrected chi connectivity index (χ3v) is 5.96. The van der Waals surface area contributed by atoms with Gasteiger partial charge in [0.05, 0.1) is 25.7 Å². The first-order valence-electron chi connectivity index (χ1n) is 6.47. The molecule has 1 saturated carbocycles. The molecule has 2 rings (SSSR count). The number of aliphatic hydroxyl groups excluding tert-OH is 1. The van der Waals surface area contributed by atoms with Crippen LogP contribution in [0, 0.1) is 11.3 Å². The van der Waals surface area contributed by atoms with E-state index >= 15 is 0 Å². The summed E-state index contributed by atoms with van der Waals surface area (Å²) in [6.07, 6.45) is -2.30. The first kappa shape index (κ1) is 16.8. The maximum Gasteiger partial charge on any atom is 0.308 e. The Morgan fingerprint density at radius 2 is 2.00 bits per heavy atom. The van der Waals surface area contributed by atoms with Crippen molar-refractivity contribution >= 4 is 16.2 Å². The number of ether oxygens (including phenoxy) is 2. The summed E-state index contributed by atoms with van der Waals surface area (Å²) in [5, 5.41) is 6.16. The summed E-state index contributed by atoms with van der Waals surface area (Å²) >= 11 is 0. The van der Waals surface area contributed by atoms with Gasteiger partial charge < -0.3 is 14.6 Å². The van der Waals surface area contributed by atoms with Gasteiger partial charge in [0.1, 0.15) is 5.25 Å². The molecule has 0 radical (unpaired) electrons. The lowest BCUT2D eigenvalue weighted by molar-refractivity contribution is -0.146. The van der Waals surface area contributed by atoms with Crippen molar-refractivity contribution in [2.45, 2.75) is 31.1 Å². The van der Waals surface area contributed by atoms with Gasteiger partial charge in [-0.15, -0.1) is 0 Å². The summed E-state index contributed by atoms with van der Waals surface area (Å²) in [5.41, 5.74) is -1.91. The quantitative estimate of drug-likeness (QED) is 0.597. The molecule has 21 heavy (non-hydrogen) atoms. The largest absolute Gasteiger partial charge is 0.466 e. The van der Waals surface area contributed by atoms with Gasteiger partial charge in [-0.1, -0.05) is 19.4 Å². The molecule has 1 N–H and O–H groups in total. The van der Waals surface area contributed by atoms with Crippen LogP contribution in [0.2, 0.25) is 0 Å². The van der Waals surface area contributed by atoms with Gasteiger partial charge in [-0.25, -0.2) is 0 Å². The molecule has 0 amide bonds. The van der Waals surface area contributed by atoms with E-state index in [1.807, 2.05) is 0 Å². The second kappa shape index (κ2) is 4.23. The minimum Gasteiger partial charge on any atom is -0.466 e. The van der Waals surface area contributed by atoms with Gasteiger partial charge in [-0.3, -0.25) is 4.79 Å².